The van der Waals surface area contributed by atoms with E-state index in [1.165, 1.54) is 12.1 Å². The molecule has 0 radical (unpaired) electrons. The van der Waals surface area contributed by atoms with Crippen molar-refractivity contribution >= 4 is 5.97 Å². The Morgan fingerprint density at radius 3 is 1.96 bits per heavy atom. The summed E-state index contributed by atoms with van der Waals surface area (Å²) in [7, 11) is 0. The van der Waals surface area contributed by atoms with E-state index in [0.29, 0.717) is 6.54 Å². The Morgan fingerprint density at radius 2 is 1.48 bits per heavy atom. The molecule has 0 aliphatic heterocycles. The van der Waals surface area contributed by atoms with Gasteiger partial charge in [0.25, 0.3) is 0 Å². The minimum atomic E-state index is -1.13. The molecule has 0 fully saturated rings. The van der Waals surface area contributed by atoms with Crippen LogP contribution in [0.2, 0.25) is 0 Å². The van der Waals surface area contributed by atoms with E-state index in [1.54, 1.807) is 6.07 Å². The maximum atomic E-state index is 10.9. The average Bonchev–Trinajstić information content (AvgIpc) is 2.62. The van der Waals surface area contributed by atoms with Crippen LogP contribution in [0.1, 0.15) is 22.8 Å². The van der Waals surface area contributed by atoms with Gasteiger partial charge in [-0.1, -0.05) is 6.07 Å². The van der Waals surface area contributed by atoms with Crippen LogP contribution in [0.4, 0.5) is 0 Å². The van der Waals surface area contributed by atoms with Crippen molar-refractivity contribution in [1.29, 1.82) is 0 Å². The molecule has 3 rings (SSSR count). The normalized spacial score (nSPS) is 10.6. The lowest BCUT2D eigenvalue weighted by atomic mass is 10.1. The molecule has 0 saturated heterocycles. The van der Waals surface area contributed by atoms with Crippen molar-refractivity contribution in [3.8, 4) is 16.9 Å². The zero-order valence-electron chi connectivity index (χ0n) is 14.0. The number of hydrogen-bond donors (Lipinski definition) is 2. The zero-order chi connectivity index (χ0) is 17.8. The SMILES string of the molecule is CC[n+]1ccc(-c2cc[n+](Cc3ccc(C(=O)O)c(O)c3)cc2)cc1. The van der Waals surface area contributed by atoms with Crippen LogP contribution in [-0.2, 0) is 13.1 Å². The molecule has 1 aromatic carbocycles. The highest BCUT2D eigenvalue weighted by molar-refractivity contribution is 5.90. The van der Waals surface area contributed by atoms with E-state index in [1.807, 2.05) is 29.1 Å². The van der Waals surface area contributed by atoms with Crippen molar-refractivity contribution in [2.45, 2.75) is 20.0 Å². The fourth-order valence-electron chi connectivity index (χ4n) is 2.68. The number of aromatic nitrogens is 2. The van der Waals surface area contributed by atoms with Gasteiger partial charge in [0.15, 0.2) is 31.3 Å². The van der Waals surface area contributed by atoms with Gasteiger partial charge in [-0.2, -0.15) is 0 Å². The van der Waals surface area contributed by atoms with E-state index < -0.39 is 5.97 Å². The first-order valence-electron chi connectivity index (χ1n) is 8.10. The molecular weight excluding hydrogens is 316 g/mol. The number of aryl methyl sites for hydroxylation is 1. The van der Waals surface area contributed by atoms with Crippen LogP contribution in [0.5, 0.6) is 5.75 Å². The predicted octanol–water partition coefficient (Wildman–Crippen LogP) is 2.40. The summed E-state index contributed by atoms with van der Waals surface area (Å²) in [5.74, 6) is -1.34. The molecule has 0 aliphatic carbocycles. The summed E-state index contributed by atoms with van der Waals surface area (Å²) >= 11 is 0. The molecule has 25 heavy (non-hydrogen) atoms. The van der Waals surface area contributed by atoms with Gasteiger partial charge >= 0.3 is 5.97 Å². The van der Waals surface area contributed by atoms with E-state index in [9.17, 15) is 9.90 Å². The van der Waals surface area contributed by atoms with Gasteiger partial charge in [-0.25, -0.2) is 13.9 Å². The minimum Gasteiger partial charge on any atom is -0.507 e. The summed E-state index contributed by atoms with van der Waals surface area (Å²) in [4.78, 5) is 10.9. The molecule has 0 spiro atoms. The van der Waals surface area contributed by atoms with Crippen molar-refractivity contribution in [3.63, 3.8) is 0 Å². The first kappa shape index (κ1) is 16.6. The smallest absolute Gasteiger partial charge is 0.339 e. The summed E-state index contributed by atoms with van der Waals surface area (Å²) in [6.45, 7) is 3.60. The third-order valence-electron chi connectivity index (χ3n) is 4.14. The number of pyridine rings is 2. The molecule has 5 nitrogen and oxygen atoms in total. The van der Waals surface area contributed by atoms with Gasteiger partial charge in [0.2, 0.25) is 0 Å². The van der Waals surface area contributed by atoms with Gasteiger partial charge in [0, 0.05) is 29.8 Å². The Morgan fingerprint density at radius 1 is 0.920 bits per heavy atom. The van der Waals surface area contributed by atoms with Crippen molar-refractivity contribution in [2.75, 3.05) is 0 Å². The molecule has 0 unspecified atom stereocenters. The molecule has 5 heteroatoms. The van der Waals surface area contributed by atoms with Gasteiger partial charge in [-0.15, -0.1) is 0 Å². The fraction of sp³-hybridized carbons (Fsp3) is 0.150. The number of benzene rings is 1. The fourth-order valence-corrected chi connectivity index (χ4v) is 2.68. The molecule has 0 bridgehead atoms. The van der Waals surface area contributed by atoms with Crippen molar-refractivity contribution in [3.05, 3.63) is 78.4 Å². The second-order valence-electron chi connectivity index (χ2n) is 5.83. The van der Waals surface area contributed by atoms with E-state index in [4.69, 9.17) is 5.11 Å². The van der Waals surface area contributed by atoms with Crippen LogP contribution in [0.15, 0.2) is 67.3 Å². The number of aromatic hydroxyl groups is 1. The Labute approximate surface area is 146 Å². The van der Waals surface area contributed by atoms with Crippen LogP contribution in [0.3, 0.4) is 0 Å². The second-order valence-corrected chi connectivity index (χ2v) is 5.83. The lowest BCUT2D eigenvalue weighted by molar-refractivity contribution is -0.693. The number of carboxylic acid groups (broad SMARTS) is 1. The largest absolute Gasteiger partial charge is 0.507 e. The van der Waals surface area contributed by atoms with Gasteiger partial charge in [0.05, 0.1) is 0 Å². The lowest BCUT2D eigenvalue weighted by Crippen LogP contribution is -2.33. The number of nitrogens with zero attached hydrogens (tertiary/aromatic N) is 2. The number of phenols is 1. The van der Waals surface area contributed by atoms with Crippen LogP contribution >= 0.6 is 0 Å². The number of hydrogen-bond acceptors (Lipinski definition) is 2. The van der Waals surface area contributed by atoms with E-state index >= 15 is 0 Å². The highest BCUT2D eigenvalue weighted by Gasteiger charge is 2.12. The maximum absolute atomic E-state index is 10.9. The third-order valence-corrected chi connectivity index (χ3v) is 4.14. The average molecular weight is 336 g/mol. The second kappa shape index (κ2) is 7.13. The van der Waals surface area contributed by atoms with Gasteiger partial charge in [-0.3, -0.25) is 0 Å². The van der Waals surface area contributed by atoms with Gasteiger partial charge < -0.3 is 10.2 Å². The Kier molecular flexibility index (Phi) is 4.75. The third kappa shape index (κ3) is 3.83. The Balaban J connectivity index is 1.76. The Hall–Kier alpha value is -3.21. The van der Waals surface area contributed by atoms with Crippen LogP contribution in [-0.4, -0.2) is 16.2 Å². The standard InChI is InChI=1S/C20H18N2O3/c1-2-21-9-5-16(6-10-21)17-7-11-22(12-8-17)14-15-3-4-18(20(24)25)19(23)13-15/h3-13H,2,14H2,1H3/p+2. The number of rotatable bonds is 5. The molecule has 0 aliphatic rings. The monoisotopic (exact) mass is 336 g/mol. The summed E-state index contributed by atoms with van der Waals surface area (Å²) in [5.41, 5.74) is 3.03. The van der Waals surface area contributed by atoms with E-state index in [2.05, 4.69) is 36.0 Å². The Bertz CT molecular complexity index is 888. The van der Waals surface area contributed by atoms with Gasteiger partial charge in [0.1, 0.15) is 17.9 Å². The predicted molar refractivity (Wildman–Crippen MR) is 92.1 cm³/mol. The highest BCUT2D eigenvalue weighted by Crippen LogP contribution is 2.19. The molecule has 3 aromatic rings. The van der Waals surface area contributed by atoms with Crippen LogP contribution in [0.25, 0.3) is 11.1 Å². The van der Waals surface area contributed by atoms with Gasteiger partial charge in [-0.05, 0) is 30.2 Å². The molecule has 0 amide bonds. The number of aromatic carboxylic acids is 1. The molecule has 2 N–H and O–H groups in total. The topological polar surface area (TPSA) is 65.3 Å². The summed E-state index contributed by atoms with van der Waals surface area (Å²) < 4.78 is 4.09. The van der Waals surface area contributed by atoms with Crippen molar-refractivity contribution in [2.24, 2.45) is 0 Å². The molecule has 126 valence electrons. The quantitative estimate of drug-likeness (QED) is 0.703. The molecular formula is C20H20N2O3+2. The summed E-state index contributed by atoms with van der Waals surface area (Å²) in [6, 6.07) is 12.9. The number of carbonyl (C=O) groups is 1. The van der Waals surface area contributed by atoms with E-state index in [0.717, 1.165) is 23.2 Å². The molecule has 2 heterocycles. The highest BCUT2D eigenvalue weighted by atomic mass is 16.4. The first-order valence-corrected chi connectivity index (χ1v) is 8.10. The zero-order valence-corrected chi connectivity index (χ0v) is 14.0. The lowest BCUT2D eigenvalue weighted by Gasteiger charge is -2.03. The molecule has 0 atom stereocenters. The summed E-state index contributed by atoms with van der Waals surface area (Å²) in [5, 5.41) is 18.7. The first-order chi connectivity index (χ1) is 12.1. The van der Waals surface area contributed by atoms with E-state index in [-0.39, 0.29) is 11.3 Å². The minimum absolute atomic E-state index is 0.0857. The summed E-state index contributed by atoms with van der Waals surface area (Å²) in [6.07, 6.45) is 8.06. The van der Waals surface area contributed by atoms with Crippen LogP contribution < -0.4 is 9.13 Å². The molecule has 0 saturated carbocycles. The molecule has 2 aromatic heterocycles. The van der Waals surface area contributed by atoms with Crippen molar-refractivity contribution in [1.82, 2.24) is 0 Å². The maximum Gasteiger partial charge on any atom is 0.339 e. The van der Waals surface area contributed by atoms with Crippen LogP contribution in [0, 0.1) is 0 Å². The van der Waals surface area contributed by atoms with Crippen molar-refractivity contribution < 1.29 is 24.1 Å². The number of carboxylic acids is 1.